The van der Waals surface area contributed by atoms with Gasteiger partial charge in [-0.25, -0.2) is 4.57 Å². The Labute approximate surface area is 331 Å². The first-order valence-electron chi connectivity index (χ1n) is 19.8. The van der Waals surface area contributed by atoms with Gasteiger partial charge in [0.15, 0.2) is 0 Å². The van der Waals surface area contributed by atoms with Crippen LogP contribution in [0.4, 0.5) is 0 Å². The average Bonchev–Trinajstić information content (AvgIpc) is 3.17. The average molecular weight is 789 g/mol. The summed E-state index contributed by atoms with van der Waals surface area (Å²) in [6, 6.07) is 0. The van der Waals surface area contributed by atoms with Crippen LogP contribution in [-0.2, 0) is 32.7 Å². The number of esters is 2. The van der Waals surface area contributed by atoms with Gasteiger partial charge in [0.1, 0.15) is 12.2 Å². The predicted octanol–water partition coefficient (Wildman–Crippen LogP) is 10.2. The van der Waals surface area contributed by atoms with Crippen molar-refractivity contribution in [2.24, 2.45) is 0 Å². The molecule has 3 N–H and O–H groups in total. The number of phosphoric ester groups is 1. The Morgan fingerprint density at radius 2 is 0.836 bits per heavy atom. The molecule has 0 spiro atoms. The van der Waals surface area contributed by atoms with E-state index in [1.807, 2.05) is 18.2 Å². The highest BCUT2D eigenvalue weighted by atomic mass is 31.2. The fourth-order valence-corrected chi connectivity index (χ4v) is 5.29. The van der Waals surface area contributed by atoms with Crippen molar-refractivity contribution < 1.29 is 47.8 Å². The molecule has 0 saturated carbocycles. The van der Waals surface area contributed by atoms with Gasteiger partial charge in [-0.1, -0.05) is 130 Å². The lowest BCUT2D eigenvalue weighted by Crippen LogP contribution is -2.28. The highest BCUT2D eigenvalue weighted by Crippen LogP contribution is 2.43. The maximum atomic E-state index is 12.3. The Morgan fingerprint density at radius 3 is 1.22 bits per heavy atom. The summed E-state index contributed by atoms with van der Waals surface area (Å²) in [4.78, 5) is 34.4. The van der Waals surface area contributed by atoms with Crippen molar-refractivity contribution in [1.82, 2.24) is 0 Å². The fourth-order valence-electron chi connectivity index (χ4n) is 4.51. The minimum Gasteiger partial charge on any atom is -0.457 e. The van der Waals surface area contributed by atoms with Gasteiger partial charge >= 0.3 is 19.8 Å². The first-order chi connectivity index (χ1) is 26.8. The lowest BCUT2D eigenvalue weighted by atomic mass is 10.1. The van der Waals surface area contributed by atoms with Crippen molar-refractivity contribution in [3.05, 3.63) is 109 Å². The van der Waals surface area contributed by atoms with Crippen LogP contribution >= 0.6 is 7.82 Å². The summed E-state index contributed by atoms with van der Waals surface area (Å²) in [5, 5.41) is 19.1. The van der Waals surface area contributed by atoms with E-state index in [1.54, 1.807) is 0 Å². The molecule has 0 rings (SSSR count). The minimum absolute atomic E-state index is 0.0614. The zero-order valence-electron chi connectivity index (χ0n) is 33.3. The summed E-state index contributed by atoms with van der Waals surface area (Å²) in [6.07, 6.45) is 48.0. The van der Waals surface area contributed by atoms with Crippen LogP contribution in [0.2, 0.25) is 0 Å². The van der Waals surface area contributed by atoms with Gasteiger partial charge < -0.3 is 24.6 Å². The van der Waals surface area contributed by atoms with Crippen molar-refractivity contribution in [3.63, 3.8) is 0 Å². The Kier molecular flexibility index (Phi) is 36.5. The van der Waals surface area contributed by atoms with Crippen molar-refractivity contribution in [3.8, 4) is 0 Å². The number of aliphatic hydroxyl groups excluding tert-OH is 2. The molecule has 0 amide bonds. The standard InChI is InChI=1S/C44H69O10P/c1-3-5-7-9-11-13-15-17-18-19-20-21-22-24-26-28-30-32-34-36-44(48)54-42(38-46)40-52-55(49,50)51-39-41(37-45)53-43(47)35-33-31-29-27-25-23-16-14-12-10-8-6-4-2/h5-8,11-14,17-18,20-21,23-26,29,31,41-42,45-46H,3-4,9-10,15-16,19,22,27-28,30,32-40H2,1-2H3,(H,49,50)/b7-5-,8-6-,13-11-,14-12-,18-17-,21-20-,25-23-,26-24-,31-29-. The summed E-state index contributed by atoms with van der Waals surface area (Å²) in [5.41, 5.74) is 0. The first kappa shape index (κ1) is 51.6. The molecule has 10 nitrogen and oxygen atoms in total. The second-order valence-corrected chi connectivity index (χ2v) is 13.9. The molecule has 0 radical (unpaired) electrons. The second kappa shape index (κ2) is 38.9. The summed E-state index contributed by atoms with van der Waals surface area (Å²) in [6.45, 7) is 1.81. The number of hydrogen-bond acceptors (Lipinski definition) is 9. The monoisotopic (exact) mass is 788 g/mol. The molecule has 0 aromatic carbocycles. The molecule has 3 unspecified atom stereocenters. The molecular formula is C44H69O10P. The number of carbonyl (C=O) groups excluding carboxylic acids is 2. The van der Waals surface area contributed by atoms with Gasteiger partial charge in [-0.15, -0.1) is 0 Å². The van der Waals surface area contributed by atoms with E-state index < -0.39 is 58.4 Å². The number of carbonyl (C=O) groups is 2. The molecule has 0 aliphatic rings. The summed E-state index contributed by atoms with van der Waals surface area (Å²) >= 11 is 0. The molecule has 0 bridgehead atoms. The van der Waals surface area contributed by atoms with E-state index in [2.05, 4.69) is 105 Å². The SMILES string of the molecule is CC/C=C\C/C=C\C/C=C\C/C=C\C/C=C\CCCCCC(=O)OC(CO)COP(=O)(O)OCC(CO)OC(=O)CC/C=C\C/C=C\C/C=C\C/C=C\CC. The normalized spacial score (nSPS) is 15.1. The molecule has 55 heavy (non-hydrogen) atoms. The first-order valence-corrected chi connectivity index (χ1v) is 21.3. The Morgan fingerprint density at radius 1 is 0.491 bits per heavy atom. The third kappa shape index (κ3) is 37.3. The van der Waals surface area contributed by atoms with Gasteiger partial charge in [0.25, 0.3) is 0 Å². The van der Waals surface area contributed by atoms with Crippen LogP contribution in [0.3, 0.4) is 0 Å². The fraction of sp³-hybridized carbons (Fsp3) is 0.545. The highest BCUT2D eigenvalue weighted by molar-refractivity contribution is 7.47. The van der Waals surface area contributed by atoms with Crippen LogP contribution in [0.5, 0.6) is 0 Å². The summed E-state index contributed by atoms with van der Waals surface area (Å²) in [7, 11) is -4.67. The van der Waals surface area contributed by atoms with Crippen molar-refractivity contribution in [2.45, 2.75) is 129 Å². The third-order valence-electron chi connectivity index (χ3n) is 7.49. The molecule has 310 valence electrons. The van der Waals surface area contributed by atoms with E-state index in [1.165, 1.54) is 0 Å². The van der Waals surface area contributed by atoms with E-state index in [0.29, 0.717) is 12.8 Å². The smallest absolute Gasteiger partial charge is 0.457 e. The van der Waals surface area contributed by atoms with Crippen LogP contribution < -0.4 is 0 Å². The van der Waals surface area contributed by atoms with E-state index in [0.717, 1.165) is 77.0 Å². The Hall–Kier alpha value is -3.37. The number of hydrogen-bond donors (Lipinski definition) is 3. The zero-order chi connectivity index (χ0) is 40.5. The van der Waals surface area contributed by atoms with Gasteiger partial charge in [0, 0.05) is 12.8 Å². The van der Waals surface area contributed by atoms with E-state index in [-0.39, 0.29) is 12.8 Å². The maximum Gasteiger partial charge on any atom is 0.472 e. The molecule has 0 aliphatic heterocycles. The van der Waals surface area contributed by atoms with Gasteiger partial charge in [-0.3, -0.25) is 18.6 Å². The van der Waals surface area contributed by atoms with Crippen LogP contribution in [0.1, 0.15) is 117 Å². The number of phosphoric acid groups is 1. The Balaban J connectivity index is 4.12. The molecule has 0 aromatic rings. The number of unbranched alkanes of at least 4 members (excludes halogenated alkanes) is 3. The van der Waals surface area contributed by atoms with Gasteiger partial charge in [0.05, 0.1) is 26.4 Å². The van der Waals surface area contributed by atoms with Crippen molar-refractivity contribution >= 4 is 19.8 Å². The predicted molar refractivity (Wildman–Crippen MR) is 223 cm³/mol. The molecule has 0 saturated heterocycles. The maximum absolute atomic E-state index is 12.3. The topological polar surface area (TPSA) is 149 Å². The lowest BCUT2D eigenvalue weighted by Gasteiger charge is -2.20. The zero-order valence-corrected chi connectivity index (χ0v) is 34.2. The van der Waals surface area contributed by atoms with E-state index in [9.17, 15) is 29.3 Å². The van der Waals surface area contributed by atoms with Crippen LogP contribution in [-0.4, -0.2) is 65.7 Å². The second-order valence-electron chi connectivity index (χ2n) is 12.5. The van der Waals surface area contributed by atoms with Crippen LogP contribution in [0.15, 0.2) is 109 Å². The van der Waals surface area contributed by atoms with Crippen molar-refractivity contribution in [2.75, 3.05) is 26.4 Å². The molecule has 11 heteroatoms. The molecule has 0 aliphatic carbocycles. The van der Waals surface area contributed by atoms with Gasteiger partial charge in [0.2, 0.25) is 0 Å². The summed E-state index contributed by atoms with van der Waals surface area (Å²) in [5.74, 6) is -1.15. The van der Waals surface area contributed by atoms with E-state index in [4.69, 9.17) is 18.5 Å². The summed E-state index contributed by atoms with van der Waals surface area (Å²) < 4.78 is 32.4. The minimum atomic E-state index is -4.67. The molecule has 0 fully saturated rings. The molecule has 0 aromatic heterocycles. The van der Waals surface area contributed by atoms with Gasteiger partial charge in [-0.2, -0.15) is 0 Å². The molecular weight excluding hydrogens is 719 g/mol. The molecule has 0 heterocycles. The van der Waals surface area contributed by atoms with Crippen molar-refractivity contribution in [1.29, 1.82) is 0 Å². The van der Waals surface area contributed by atoms with Crippen LogP contribution in [0.25, 0.3) is 0 Å². The Bertz CT molecular complexity index is 1270. The lowest BCUT2D eigenvalue weighted by molar-refractivity contribution is -0.153. The quantitative estimate of drug-likeness (QED) is 0.0245. The number of aliphatic hydroxyl groups is 2. The highest BCUT2D eigenvalue weighted by Gasteiger charge is 2.27. The molecule has 3 atom stereocenters. The van der Waals surface area contributed by atoms with E-state index >= 15 is 0 Å². The van der Waals surface area contributed by atoms with Gasteiger partial charge in [-0.05, 0) is 83.5 Å². The number of rotatable bonds is 35. The van der Waals surface area contributed by atoms with Crippen LogP contribution in [0, 0.1) is 0 Å². The third-order valence-corrected chi connectivity index (χ3v) is 8.44. The number of ether oxygens (including phenoxy) is 2. The number of allylic oxidation sites excluding steroid dienone is 18. The largest absolute Gasteiger partial charge is 0.472 e.